The number of halogens is 2. The molecular weight excluding hydrogens is 402 g/mol. The number of alkyl halides is 1. The standard InChI is InChI=1S/C22H24F2N6O/c1-30(19-5-12-3-2-4-16(29-12)22(19)24)21-10-26-18(9-27-21)14-6-13(15(23)7-20(14)31)17-8-25-11-28-17/h6-12,16,19,22,29,31H,2-5H2,1H3,(H,25,28)/t12-,16?,19-,22+/m0/s1. The maximum absolute atomic E-state index is 15.0. The Morgan fingerprint density at radius 2 is 2.00 bits per heavy atom. The van der Waals surface area contributed by atoms with E-state index in [0.717, 1.165) is 31.7 Å². The second-order valence-electron chi connectivity index (χ2n) is 8.33. The summed E-state index contributed by atoms with van der Waals surface area (Å²) in [4.78, 5) is 17.5. The van der Waals surface area contributed by atoms with E-state index in [1.807, 2.05) is 11.9 Å². The van der Waals surface area contributed by atoms with Crippen molar-refractivity contribution >= 4 is 5.82 Å². The van der Waals surface area contributed by atoms with E-state index >= 15 is 4.39 Å². The van der Waals surface area contributed by atoms with Crippen molar-refractivity contribution in [2.75, 3.05) is 11.9 Å². The number of aromatic amines is 1. The smallest absolute Gasteiger partial charge is 0.147 e. The number of nitrogens with one attached hydrogen (secondary N) is 2. The minimum atomic E-state index is -0.971. The zero-order valence-electron chi connectivity index (χ0n) is 17.1. The fourth-order valence-corrected chi connectivity index (χ4v) is 4.74. The van der Waals surface area contributed by atoms with Crippen LogP contribution < -0.4 is 10.2 Å². The van der Waals surface area contributed by atoms with Crippen LogP contribution in [0.15, 0.2) is 37.1 Å². The molecule has 0 saturated carbocycles. The van der Waals surface area contributed by atoms with Gasteiger partial charge in [0.15, 0.2) is 0 Å². The Balaban J connectivity index is 1.41. The summed E-state index contributed by atoms with van der Waals surface area (Å²) >= 11 is 0. The maximum Gasteiger partial charge on any atom is 0.147 e. The van der Waals surface area contributed by atoms with Crippen molar-refractivity contribution in [3.63, 3.8) is 0 Å². The van der Waals surface area contributed by atoms with Gasteiger partial charge in [0.2, 0.25) is 0 Å². The number of rotatable bonds is 4. The molecule has 4 heterocycles. The topological polar surface area (TPSA) is 90.0 Å². The molecule has 5 rings (SSSR count). The number of nitrogens with zero attached hydrogens (tertiary/aromatic N) is 4. The molecule has 2 aliphatic rings. The number of benzene rings is 1. The normalized spacial score (nSPS) is 25.4. The minimum absolute atomic E-state index is 0.107. The van der Waals surface area contributed by atoms with Gasteiger partial charge in [-0.2, -0.15) is 0 Å². The van der Waals surface area contributed by atoms with Crippen LogP contribution in [0.1, 0.15) is 25.7 Å². The molecule has 2 fully saturated rings. The summed E-state index contributed by atoms with van der Waals surface area (Å²) in [6.07, 6.45) is 8.79. The lowest BCUT2D eigenvalue weighted by Gasteiger charge is -2.46. The lowest BCUT2D eigenvalue weighted by Crippen LogP contribution is -2.61. The number of hydrogen-bond acceptors (Lipinski definition) is 6. The predicted octanol–water partition coefficient (Wildman–Crippen LogP) is 3.44. The molecule has 31 heavy (non-hydrogen) atoms. The van der Waals surface area contributed by atoms with Gasteiger partial charge in [-0.1, -0.05) is 6.42 Å². The molecule has 2 saturated heterocycles. The van der Waals surface area contributed by atoms with Crippen molar-refractivity contribution in [3.05, 3.63) is 42.9 Å². The molecule has 0 amide bonds. The van der Waals surface area contributed by atoms with E-state index in [0.29, 0.717) is 28.8 Å². The first-order chi connectivity index (χ1) is 15.0. The molecule has 2 aliphatic heterocycles. The predicted molar refractivity (Wildman–Crippen MR) is 113 cm³/mol. The maximum atomic E-state index is 15.0. The highest BCUT2D eigenvalue weighted by Crippen LogP contribution is 2.35. The largest absolute Gasteiger partial charge is 0.507 e. The Kier molecular flexibility index (Phi) is 5.05. The summed E-state index contributed by atoms with van der Waals surface area (Å²) in [5.74, 6) is -0.238. The summed E-state index contributed by atoms with van der Waals surface area (Å²) in [7, 11) is 1.84. The fraction of sp³-hybridized carbons (Fsp3) is 0.409. The van der Waals surface area contributed by atoms with E-state index in [1.165, 1.54) is 24.8 Å². The number of anilines is 1. The number of phenolic OH excluding ortho intramolecular Hbond substituents is 1. The Morgan fingerprint density at radius 1 is 1.13 bits per heavy atom. The van der Waals surface area contributed by atoms with Crippen LogP contribution in [-0.2, 0) is 0 Å². The summed E-state index contributed by atoms with van der Waals surface area (Å²) < 4.78 is 29.4. The first-order valence-corrected chi connectivity index (χ1v) is 10.5. The number of H-pyrrole nitrogens is 1. The number of aromatic hydroxyl groups is 1. The first kappa shape index (κ1) is 19.9. The molecule has 7 nitrogen and oxygen atoms in total. The summed E-state index contributed by atoms with van der Waals surface area (Å²) in [6, 6.07) is 2.53. The van der Waals surface area contributed by atoms with Crippen molar-refractivity contribution in [2.45, 2.75) is 50.0 Å². The highest BCUT2D eigenvalue weighted by molar-refractivity contribution is 5.74. The second kappa shape index (κ2) is 7.88. The first-order valence-electron chi connectivity index (χ1n) is 10.5. The lowest BCUT2D eigenvalue weighted by molar-refractivity contribution is 0.107. The van der Waals surface area contributed by atoms with Gasteiger partial charge in [0.1, 0.15) is 23.6 Å². The average Bonchev–Trinajstić information content (AvgIpc) is 3.31. The number of piperidine rings is 2. The molecular formula is C22H24F2N6O. The minimum Gasteiger partial charge on any atom is -0.507 e. The number of aromatic nitrogens is 4. The van der Waals surface area contributed by atoms with Crippen molar-refractivity contribution in [1.29, 1.82) is 0 Å². The van der Waals surface area contributed by atoms with E-state index in [1.54, 1.807) is 6.20 Å². The summed E-state index contributed by atoms with van der Waals surface area (Å²) in [6.45, 7) is 0. The Bertz CT molecular complexity index is 1060. The molecule has 9 heteroatoms. The van der Waals surface area contributed by atoms with Crippen LogP contribution >= 0.6 is 0 Å². The van der Waals surface area contributed by atoms with Gasteiger partial charge in [-0.25, -0.2) is 18.7 Å². The number of phenols is 1. The highest BCUT2D eigenvalue weighted by Gasteiger charge is 2.41. The van der Waals surface area contributed by atoms with E-state index in [-0.39, 0.29) is 23.4 Å². The summed E-state index contributed by atoms with van der Waals surface area (Å²) in [5.41, 5.74) is 1.52. The summed E-state index contributed by atoms with van der Waals surface area (Å²) in [5, 5.41) is 13.7. The molecule has 0 spiro atoms. The van der Waals surface area contributed by atoms with Gasteiger partial charge < -0.3 is 20.3 Å². The van der Waals surface area contributed by atoms with Crippen LogP contribution in [0.3, 0.4) is 0 Å². The highest BCUT2D eigenvalue weighted by atomic mass is 19.1. The monoisotopic (exact) mass is 426 g/mol. The second-order valence-corrected chi connectivity index (χ2v) is 8.33. The van der Waals surface area contributed by atoms with Gasteiger partial charge in [0.25, 0.3) is 0 Å². The van der Waals surface area contributed by atoms with Gasteiger partial charge in [0.05, 0.1) is 42.3 Å². The van der Waals surface area contributed by atoms with Gasteiger partial charge in [-0.15, -0.1) is 0 Å². The molecule has 162 valence electrons. The number of imidazole rings is 1. The Labute approximate surface area is 178 Å². The van der Waals surface area contributed by atoms with E-state index < -0.39 is 12.0 Å². The van der Waals surface area contributed by atoms with E-state index in [4.69, 9.17) is 0 Å². The van der Waals surface area contributed by atoms with E-state index in [9.17, 15) is 9.50 Å². The van der Waals surface area contributed by atoms with Crippen LogP contribution in [0.5, 0.6) is 5.75 Å². The molecule has 0 aliphatic carbocycles. The van der Waals surface area contributed by atoms with Crippen LogP contribution in [-0.4, -0.2) is 56.4 Å². The average molecular weight is 426 g/mol. The van der Waals surface area contributed by atoms with Gasteiger partial charge >= 0.3 is 0 Å². The van der Waals surface area contributed by atoms with Gasteiger partial charge in [-0.05, 0) is 25.3 Å². The number of hydrogen-bond donors (Lipinski definition) is 3. The molecule has 2 bridgehead atoms. The lowest BCUT2D eigenvalue weighted by atomic mass is 9.82. The van der Waals surface area contributed by atoms with Crippen molar-refractivity contribution in [3.8, 4) is 28.3 Å². The molecule has 4 atom stereocenters. The molecule has 1 unspecified atom stereocenters. The fourth-order valence-electron chi connectivity index (χ4n) is 4.74. The quantitative estimate of drug-likeness (QED) is 0.592. The SMILES string of the molecule is CN(c1cnc(-c2cc(-c3cnc[nH]3)c(F)cc2O)cn1)[C@H]1C[C@@H]2CCCC(N2)[C@H]1F. The molecule has 0 radical (unpaired) electrons. The Morgan fingerprint density at radius 3 is 2.74 bits per heavy atom. The third-order valence-corrected chi connectivity index (χ3v) is 6.44. The van der Waals surface area contributed by atoms with Crippen molar-refractivity contribution in [2.24, 2.45) is 0 Å². The number of fused-ring (bicyclic) bond motifs is 2. The molecule has 3 N–H and O–H groups in total. The van der Waals surface area contributed by atoms with Gasteiger partial charge in [-0.3, -0.25) is 4.98 Å². The third kappa shape index (κ3) is 3.63. The van der Waals surface area contributed by atoms with Crippen LogP contribution in [0.25, 0.3) is 22.5 Å². The molecule has 2 aromatic heterocycles. The zero-order valence-corrected chi connectivity index (χ0v) is 17.1. The van der Waals surface area contributed by atoms with Crippen molar-refractivity contribution in [1.82, 2.24) is 25.3 Å². The van der Waals surface area contributed by atoms with E-state index in [2.05, 4.69) is 25.3 Å². The molecule has 1 aromatic carbocycles. The van der Waals surface area contributed by atoms with Crippen LogP contribution in [0, 0.1) is 5.82 Å². The zero-order chi connectivity index (χ0) is 21.5. The van der Waals surface area contributed by atoms with Crippen molar-refractivity contribution < 1.29 is 13.9 Å². The Hall–Kier alpha value is -3.07. The van der Waals surface area contributed by atoms with Gasteiger partial charge in [0, 0.05) is 36.3 Å². The van der Waals surface area contributed by atoms with Crippen LogP contribution in [0.2, 0.25) is 0 Å². The molecule has 3 aromatic rings. The van der Waals surface area contributed by atoms with Crippen LogP contribution in [0.4, 0.5) is 14.6 Å². The third-order valence-electron chi connectivity index (χ3n) is 6.44.